The maximum atomic E-state index is 11.3. The highest BCUT2D eigenvalue weighted by atomic mass is 16.5. The van der Waals surface area contributed by atoms with Crippen LogP contribution in [0, 0.1) is 5.41 Å². The van der Waals surface area contributed by atoms with Gasteiger partial charge in [-0.15, -0.1) is 0 Å². The van der Waals surface area contributed by atoms with Crippen LogP contribution < -0.4 is 0 Å². The predicted octanol–water partition coefficient (Wildman–Crippen LogP) is 1.35. The number of ether oxygens (including phenoxy) is 1. The number of hydrogen-bond donors (Lipinski definition) is 1. The van der Waals surface area contributed by atoms with E-state index in [9.17, 15) is 9.90 Å². The summed E-state index contributed by atoms with van der Waals surface area (Å²) in [6, 6.07) is 0. The van der Waals surface area contributed by atoms with Crippen molar-refractivity contribution < 1.29 is 14.6 Å². The number of rotatable bonds is 4. The number of aliphatic hydroxyl groups is 1. The summed E-state index contributed by atoms with van der Waals surface area (Å²) in [5, 5.41) is 9.48. The standard InChI is InChI=1S/C9H18O3/c1-5-7(10)9(3,4)8(11)12-6-2/h7,10H,5-6H2,1-4H3/t7-/m1/s1. The van der Waals surface area contributed by atoms with E-state index in [4.69, 9.17) is 4.74 Å². The first-order chi connectivity index (χ1) is 5.46. The molecule has 0 aliphatic rings. The van der Waals surface area contributed by atoms with Gasteiger partial charge in [0.05, 0.1) is 18.1 Å². The molecule has 0 unspecified atom stereocenters. The van der Waals surface area contributed by atoms with E-state index in [2.05, 4.69) is 0 Å². The van der Waals surface area contributed by atoms with Gasteiger partial charge in [0, 0.05) is 0 Å². The molecule has 0 aliphatic heterocycles. The highest BCUT2D eigenvalue weighted by molar-refractivity contribution is 5.76. The summed E-state index contributed by atoms with van der Waals surface area (Å²) >= 11 is 0. The molecule has 3 nitrogen and oxygen atoms in total. The van der Waals surface area contributed by atoms with Crippen LogP contribution in [0.5, 0.6) is 0 Å². The lowest BCUT2D eigenvalue weighted by Crippen LogP contribution is -2.38. The van der Waals surface area contributed by atoms with Crippen LogP contribution in [0.3, 0.4) is 0 Å². The number of carbonyl (C=O) groups is 1. The first-order valence-corrected chi connectivity index (χ1v) is 4.32. The zero-order chi connectivity index (χ0) is 9.78. The molecule has 72 valence electrons. The van der Waals surface area contributed by atoms with Crippen molar-refractivity contribution in [1.29, 1.82) is 0 Å². The van der Waals surface area contributed by atoms with Gasteiger partial charge in [0.1, 0.15) is 0 Å². The second kappa shape index (κ2) is 4.45. The van der Waals surface area contributed by atoms with Gasteiger partial charge in [0.2, 0.25) is 0 Å². The molecule has 1 N–H and O–H groups in total. The van der Waals surface area contributed by atoms with E-state index < -0.39 is 11.5 Å². The van der Waals surface area contributed by atoms with E-state index in [0.29, 0.717) is 13.0 Å². The molecule has 3 heteroatoms. The highest BCUT2D eigenvalue weighted by Crippen LogP contribution is 2.24. The average molecular weight is 174 g/mol. The normalized spacial score (nSPS) is 14.1. The number of esters is 1. The number of carbonyl (C=O) groups excluding carboxylic acids is 1. The molecule has 0 bridgehead atoms. The minimum atomic E-state index is -0.787. The van der Waals surface area contributed by atoms with Gasteiger partial charge in [-0.3, -0.25) is 4.79 Å². The third kappa shape index (κ3) is 2.48. The summed E-state index contributed by atoms with van der Waals surface area (Å²) in [4.78, 5) is 11.3. The molecular formula is C9H18O3. The topological polar surface area (TPSA) is 46.5 Å². The fraction of sp³-hybridized carbons (Fsp3) is 0.889. The molecule has 0 aliphatic carbocycles. The summed E-state index contributed by atoms with van der Waals surface area (Å²) < 4.78 is 4.83. The maximum Gasteiger partial charge on any atom is 0.314 e. The molecule has 0 aromatic heterocycles. The second-order valence-corrected chi connectivity index (χ2v) is 3.37. The van der Waals surface area contributed by atoms with Gasteiger partial charge in [-0.25, -0.2) is 0 Å². The Morgan fingerprint density at radius 2 is 2.00 bits per heavy atom. The zero-order valence-corrected chi connectivity index (χ0v) is 8.26. The van der Waals surface area contributed by atoms with Crippen molar-refractivity contribution in [3.63, 3.8) is 0 Å². The van der Waals surface area contributed by atoms with Crippen LogP contribution in [0.2, 0.25) is 0 Å². The molecule has 12 heavy (non-hydrogen) atoms. The third-order valence-electron chi connectivity index (χ3n) is 2.02. The van der Waals surface area contributed by atoms with Crippen LogP contribution in [0.1, 0.15) is 34.1 Å². The van der Waals surface area contributed by atoms with Gasteiger partial charge in [0.25, 0.3) is 0 Å². The Labute approximate surface area is 73.7 Å². The quantitative estimate of drug-likeness (QED) is 0.654. The van der Waals surface area contributed by atoms with Crippen LogP contribution in [0.25, 0.3) is 0 Å². The van der Waals surface area contributed by atoms with Crippen LogP contribution >= 0.6 is 0 Å². The van der Waals surface area contributed by atoms with E-state index in [1.807, 2.05) is 6.92 Å². The summed E-state index contributed by atoms with van der Waals surface area (Å²) in [5.74, 6) is -0.334. The second-order valence-electron chi connectivity index (χ2n) is 3.37. The van der Waals surface area contributed by atoms with E-state index in [1.165, 1.54) is 0 Å². The summed E-state index contributed by atoms with van der Waals surface area (Å²) in [6.45, 7) is 7.34. The van der Waals surface area contributed by atoms with E-state index in [0.717, 1.165) is 0 Å². The lowest BCUT2D eigenvalue weighted by molar-refractivity contribution is -0.160. The van der Waals surface area contributed by atoms with Gasteiger partial charge in [-0.1, -0.05) is 6.92 Å². The fourth-order valence-corrected chi connectivity index (χ4v) is 0.963. The molecule has 0 heterocycles. The van der Waals surface area contributed by atoms with Gasteiger partial charge in [0.15, 0.2) is 0 Å². The Bertz CT molecular complexity index is 152. The smallest absolute Gasteiger partial charge is 0.314 e. The Balaban J connectivity index is 4.27. The third-order valence-corrected chi connectivity index (χ3v) is 2.02. The van der Waals surface area contributed by atoms with Crippen molar-refractivity contribution in [2.75, 3.05) is 6.61 Å². The van der Waals surface area contributed by atoms with E-state index >= 15 is 0 Å². The maximum absolute atomic E-state index is 11.3. The largest absolute Gasteiger partial charge is 0.466 e. The highest BCUT2D eigenvalue weighted by Gasteiger charge is 2.35. The van der Waals surface area contributed by atoms with Crippen molar-refractivity contribution in [3.8, 4) is 0 Å². The van der Waals surface area contributed by atoms with E-state index in [1.54, 1.807) is 20.8 Å². The first kappa shape index (κ1) is 11.4. The van der Waals surface area contributed by atoms with Crippen molar-refractivity contribution >= 4 is 5.97 Å². The number of hydrogen-bond acceptors (Lipinski definition) is 3. The Hall–Kier alpha value is -0.570. The van der Waals surface area contributed by atoms with Gasteiger partial charge in [-0.05, 0) is 27.2 Å². The molecule has 0 saturated heterocycles. The molecule has 1 atom stereocenters. The SMILES string of the molecule is CCOC(=O)C(C)(C)[C@H](O)CC. The first-order valence-electron chi connectivity index (χ1n) is 4.32. The molecule has 0 spiro atoms. The minimum Gasteiger partial charge on any atom is -0.466 e. The average Bonchev–Trinajstić information content (AvgIpc) is 2.03. The van der Waals surface area contributed by atoms with Crippen LogP contribution in [0.4, 0.5) is 0 Å². The molecule has 0 amide bonds. The zero-order valence-electron chi connectivity index (χ0n) is 8.26. The lowest BCUT2D eigenvalue weighted by Gasteiger charge is -2.26. The van der Waals surface area contributed by atoms with Gasteiger partial charge < -0.3 is 9.84 Å². The van der Waals surface area contributed by atoms with Crippen molar-refractivity contribution in [3.05, 3.63) is 0 Å². The number of aliphatic hydroxyl groups excluding tert-OH is 1. The van der Waals surface area contributed by atoms with Crippen molar-refractivity contribution in [2.24, 2.45) is 5.41 Å². The lowest BCUT2D eigenvalue weighted by atomic mass is 9.85. The molecule has 0 aromatic carbocycles. The van der Waals surface area contributed by atoms with Crippen LogP contribution in [0.15, 0.2) is 0 Å². The monoisotopic (exact) mass is 174 g/mol. The molecule has 0 radical (unpaired) electrons. The minimum absolute atomic E-state index is 0.334. The summed E-state index contributed by atoms with van der Waals surface area (Å²) in [5.41, 5.74) is -0.787. The Morgan fingerprint density at radius 1 is 1.50 bits per heavy atom. The molecule has 0 fully saturated rings. The molecule has 0 rings (SSSR count). The molecule has 0 saturated carbocycles. The predicted molar refractivity (Wildman–Crippen MR) is 46.7 cm³/mol. The van der Waals surface area contributed by atoms with Crippen LogP contribution in [-0.4, -0.2) is 23.8 Å². The van der Waals surface area contributed by atoms with E-state index in [-0.39, 0.29) is 5.97 Å². The van der Waals surface area contributed by atoms with Gasteiger partial charge >= 0.3 is 5.97 Å². The fourth-order valence-electron chi connectivity index (χ4n) is 0.963. The van der Waals surface area contributed by atoms with Crippen molar-refractivity contribution in [1.82, 2.24) is 0 Å². The Kier molecular flexibility index (Phi) is 4.24. The molecular weight excluding hydrogens is 156 g/mol. The Morgan fingerprint density at radius 3 is 2.33 bits per heavy atom. The van der Waals surface area contributed by atoms with Gasteiger partial charge in [-0.2, -0.15) is 0 Å². The molecule has 0 aromatic rings. The summed E-state index contributed by atoms with van der Waals surface area (Å²) in [7, 11) is 0. The summed E-state index contributed by atoms with van der Waals surface area (Å²) in [6.07, 6.45) is -0.0669. The van der Waals surface area contributed by atoms with Crippen LogP contribution in [-0.2, 0) is 9.53 Å². The van der Waals surface area contributed by atoms with Crippen molar-refractivity contribution in [2.45, 2.75) is 40.2 Å².